The van der Waals surface area contributed by atoms with Gasteiger partial charge in [-0.05, 0) is 64.5 Å². The normalized spacial score (nSPS) is 19.8. The molecule has 0 spiro atoms. The van der Waals surface area contributed by atoms with E-state index in [0.717, 1.165) is 51.5 Å². The van der Waals surface area contributed by atoms with Gasteiger partial charge in [0.05, 0.1) is 6.04 Å². The number of hydrogen-bond acceptors (Lipinski definition) is 6. The highest BCUT2D eigenvalue weighted by Gasteiger charge is 2.29. The minimum absolute atomic E-state index is 0.00356. The van der Waals surface area contributed by atoms with Gasteiger partial charge in [-0.1, -0.05) is 30.3 Å². The van der Waals surface area contributed by atoms with Crippen LogP contribution in [-0.4, -0.2) is 78.5 Å². The summed E-state index contributed by atoms with van der Waals surface area (Å²) in [6, 6.07) is 12.8. The number of rotatable bonds is 7. The van der Waals surface area contributed by atoms with E-state index < -0.39 is 0 Å². The fraction of sp³-hybridized carbons (Fsp3) is 0.560. The van der Waals surface area contributed by atoms with Crippen molar-refractivity contribution in [1.82, 2.24) is 25.1 Å². The van der Waals surface area contributed by atoms with E-state index in [1.54, 1.807) is 12.4 Å². The fourth-order valence-corrected chi connectivity index (χ4v) is 4.88. The maximum absolute atomic E-state index is 13.2. The number of carbonyl (C=O) groups is 1. The predicted molar refractivity (Wildman–Crippen MR) is 127 cm³/mol. The molecule has 7 nitrogen and oxygen atoms in total. The first-order valence-electron chi connectivity index (χ1n) is 11.9. The molecule has 1 N–H and O–H groups in total. The number of benzene rings is 1. The second kappa shape index (κ2) is 10.9. The van der Waals surface area contributed by atoms with Crippen molar-refractivity contribution < 1.29 is 4.79 Å². The third-order valence-electron chi connectivity index (χ3n) is 7.00. The number of piperidine rings is 2. The van der Waals surface area contributed by atoms with Gasteiger partial charge >= 0.3 is 0 Å². The third-order valence-corrected chi connectivity index (χ3v) is 7.00. The lowest BCUT2D eigenvalue weighted by Gasteiger charge is -2.37. The molecule has 1 aromatic carbocycles. The Kier molecular flexibility index (Phi) is 7.71. The van der Waals surface area contributed by atoms with Crippen LogP contribution in [0.25, 0.3) is 0 Å². The smallest absolute Gasteiger partial charge is 0.225 e. The minimum Gasteiger partial charge on any atom is -0.348 e. The van der Waals surface area contributed by atoms with Gasteiger partial charge < -0.3 is 20.0 Å². The van der Waals surface area contributed by atoms with Crippen molar-refractivity contribution in [3.63, 3.8) is 0 Å². The van der Waals surface area contributed by atoms with E-state index in [1.165, 1.54) is 18.4 Å². The summed E-state index contributed by atoms with van der Waals surface area (Å²) in [5.74, 6) is 0.965. The van der Waals surface area contributed by atoms with Gasteiger partial charge in [0.1, 0.15) is 0 Å². The summed E-state index contributed by atoms with van der Waals surface area (Å²) >= 11 is 0. The van der Waals surface area contributed by atoms with Crippen LogP contribution in [0.1, 0.15) is 37.3 Å². The van der Waals surface area contributed by atoms with Crippen molar-refractivity contribution in [2.45, 2.75) is 37.8 Å². The highest BCUT2D eigenvalue weighted by atomic mass is 16.2. The Balaban J connectivity index is 1.36. The molecule has 0 saturated carbocycles. The Labute approximate surface area is 191 Å². The van der Waals surface area contributed by atoms with E-state index in [9.17, 15) is 4.79 Å². The number of carbonyl (C=O) groups excluding carboxylic acids is 1. The zero-order valence-electron chi connectivity index (χ0n) is 19.4. The molecule has 2 fully saturated rings. The molecular weight excluding hydrogens is 400 g/mol. The fourth-order valence-electron chi connectivity index (χ4n) is 4.88. The number of anilines is 1. The van der Waals surface area contributed by atoms with Gasteiger partial charge in [-0.3, -0.25) is 4.79 Å². The molecule has 2 saturated heterocycles. The first kappa shape index (κ1) is 22.7. The van der Waals surface area contributed by atoms with Crippen molar-refractivity contribution in [2.24, 2.45) is 5.92 Å². The highest BCUT2D eigenvalue weighted by Crippen LogP contribution is 2.23. The van der Waals surface area contributed by atoms with Gasteiger partial charge in [0.15, 0.2) is 0 Å². The molecule has 2 aliphatic heterocycles. The van der Waals surface area contributed by atoms with Gasteiger partial charge in [-0.25, -0.2) is 9.97 Å². The van der Waals surface area contributed by atoms with Crippen molar-refractivity contribution in [1.29, 1.82) is 0 Å². The molecule has 4 rings (SSSR count). The van der Waals surface area contributed by atoms with Gasteiger partial charge in [-0.2, -0.15) is 0 Å². The van der Waals surface area contributed by atoms with Gasteiger partial charge in [0.2, 0.25) is 11.9 Å². The van der Waals surface area contributed by atoms with E-state index in [2.05, 4.69) is 68.3 Å². The van der Waals surface area contributed by atoms with Crippen LogP contribution in [0, 0.1) is 5.92 Å². The maximum Gasteiger partial charge on any atom is 0.225 e. The molecule has 32 heavy (non-hydrogen) atoms. The van der Waals surface area contributed by atoms with Gasteiger partial charge in [0, 0.05) is 44.0 Å². The molecule has 0 aliphatic carbocycles. The summed E-state index contributed by atoms with van der Waals surface area (Å²) in [7, 11) is 4.40. The second-order valence-corrected chi connectivity index (χ2v) is 9.26. The Morgan fingerprint density at radius 3 is 2.34 bits per heavy atom. The van der Waals surface area contributed by atoms with Crippen LogP contribution in [0.4, 0.5) is 5.95 Å². The van der Waals surface area contributed by atoms with Crippen LogP contribution in [-0.2, 0) is 4.79 Å². The first-order chi connectivity index (χ1) is 15.6. The topological polar surface area (TPSA) is 64.6 Å². The summed E-state index contributed by atoms with van der Waals surface area (Å²) in [5.41, 5.74) is 1.18. The van der Waals surface area contributed by atoms with Crippen LogP contribution in [0.15, 0.2) is 48.8 Å². The van der Waals surface area contributed by atoms with Crippen LogP contribution in [0.2, 0.25) is 0 Å². The Hall–Kier alpha value is -2.51. The SMILES string of the molecule is CN1CCC(N(C)C[C@H](NC(=O)C2CCN(c3ncccn3)CC2)c2ccccc2)CC1. The quantitative estimate of drug-likeness (QED) is 0.720. The van der Waals surface area contributed by atoms with Crippen molar-refractivity contribution in [2.75, 3.05) is 51.7 Å². The van der Waals surface area contributed by atoms with Crippen LogP contribution < -0.4 is 10.2 Å². The summed E-state index contributed by atoms with van der Waals surface area (Å²) in [6.07, 6.45) is 7.57. The number of likely N-dealkylation sites (N-methyl/N-ethyl adjacent to an activating group) is 1. The maximum atomic E-state index is 13.2. The molecule has 7 heteroatoms. The molecule has 0 unspecified atom stereocenters. The Morgan fingerprint density at radius 1 is 1.03 bits per heavy atom. The van der Waals surface area contributed by atoms with E-state index in [-0.39, 0.29) is 17.9 Å². The van der Waals surface area contributed by atoms with Crippen molar-refractivity contribution >= 4 is 11.9 Å². The van der Waals surface area contributed by atoms with Crippen molar-refractivity contribution in [3.05, 3.63) is 54.4 Å². The molecule has 2 aliphatic rings. The molecular formula is C25H36N6O. The zero-order chi connectivity index (χ0) is 22.3. The van der Waals surface area contributed by atoms with Crippen LogP contribution in [0.3, 0.4) is 0 Å². The lowest BCUT2D eigenvalue weighted by atomic mass is 9.95. The standard InChI is InChI=1S/C25H36N6O/c1-29-15-11-22(12-16-29)30(2)19-23(20-7-4-3-5-8-20)28-24(32)21-9-17-31(18-10-21)25-26-13-6-14-27-25/h3-8,13-14,21-23H,9-12,15-19H2,1-2H3,(H,28,32)/t23-/m0/s1. The Morgan fingerprint density at radius 2 is 1.69 bits per heavy atom. The highest BCUT2D eigenvalue weighted by molar-refractivity contribution is 5.79. The van der Waals surface area contributed by atoms with E-state index >= 15 is 0 Å². The molecule has 172 valence electrons. The first-order valence-corrected chi connectivity index (χ1v) is 11.9. The van der Waals surface area contributed by atoms with Crippen LogP contribution >= 0.6 is 0 Å². The van der Waals surface area contributed by atoms with E-state index in [1.807, 2.05) is 12.1 Å². The molecule has 1 atom stereocenters. The molecule has 2 aromatic rings. The summed E-state index contributed by atoms with van der Waals surface area (Å²) in [6.45, 7) is 4.74. The lowest BCUT2D eigenvalue weighted by molar-refractivity contribution is -0.126. The minimum atomic E-state index is 0.00356. The van der Waals surface area contributed by atoms with Crippen LogP contribution in [0.5, 0.6) is 0 Å². The van der Waals surface area contributed by atoms with Gasteiger partial charge in [0.25, 0.3) is 0 Å². The summed E-state index contributed by atoms with van der Waals surface area (Å²) in [4.78, 5) is 28.9. The predicted octanol–water partition coefficient (Wildman–Crippen LogP) is 2.58. The second-order valence-electron chi connectivity index (χ2n) is 9.26. The van der Waals surface area contributed by atoms with Crippen molar-refractivity contribution in [3.8, 4) is 0 Å². The monoisotopic (exact) mass is 436 g/mol. The number of aromatic nitrogens is 2. The number of nitrogens with zero attached hydrogens (tertiary/aromatic N) is 5. The molecule has 0 bridgehead atoms. The number of nitrogens with one attached hydrogen (secondary N) is 1. The molecule has 1 amide bonds. The number of amides is 1. The van der Waals surface area contributed by atoms with Gasteiger partial charge in [-0.15, -0.1) is 0 Å². The van der Waals surface area contributed by atoms with E-state index in [4.69, 9.17) is 0 Å². The van der Waals surface area contributed by atoms with E-state index in [0.29, 0.717) is 6.04 Å². The molecule has 3 heterocycles. The Bertz CT molecular complexity index is 832. The lowest BCUT2D eigenvalue weighted by Crippen LogP contribution is -2.47. The largest absolute Gasteiger partial charge is 0.348 e. The number of hydrogen-bond donors (Lipinski definition) is 1. The third kappa shape index (κ3) is 5.84. The number of likely N-dealkylation sites (tertiary alicyclic amines) is 1. The zero-order valence-corrected chi connectivity index (χ0v) is 19.4. The average Bonchev–Trinajstić information content (AvgIpc) is 2.85. The molecule has 1 aromatic heterocycles. The molecule has 0 radical (unpaired) electrons. The average molecular weight is 437 g/mol. The summed E-state index contributed by atoms with van der Waals surface area (Å²) < 4.78 is 0. The summed E-state index contributed by atoms with van der Waals surface area (Å²) in [5, 5.41) is 3.40.